The van der Waals surface area contributed by atoms with Crippen LogP contribution in [0.1, 0.15) is 47.0 Å². The second-order valence-corrected chi connectivity index (χ2v) is 5.37. The lowest BCUT2D eigenvalue weighted by Crippen LogP contribution is -2.42. The van der Waals surface area contributed by atoms with E-state index in [1.165, 1.54) is 19.3 Å². The van der Waals surface area contributed by atoms with E-state index in [0.717, 1.165) is 18.2 Å². The Balaban J connectivity index is 2.51. The molecule has 0 unspecified atom stereocenters. The van der Waals surface area contributed by atoms with Crippen LogP contribution in [0.2, 0.25) is 0 Å². The first-order valence-electron chi connectivity index (χ1n) is 6.08. The molecule has 1 aliphatic heterocycles. The van der Waals surface area contributed by atoms with E-state index in [1.807, 2.05) is 0 Å². The van der Waals surface area contributed by atoms with Crippen molar-refractivity contribution >= 4 is 17.3 Å². The van der Waals surface area contributed by atoms with Crippen molar-refractivity contribution in [1.29, 1.82) is 0 Å². The van der Waals surface area contributed by atoms with Crippen LogP contribution in [0.15, 0.2) is 0 Å². The molecule has 0 radical (unpaired) electrons. The molecule has 2 nitrogen and oxygen atoms in total. The second kappa shape index (κ2) is 5.15. The third-order valence-electron chi connectivity index (χ3n) is 3.64. The Hall–Kier alpha value is -0.310. The molecule has 1 N–H and O–H groups in total. The highest BCUT2D eigenvalue weighted by Gasteiger charge is 2.35. The largest absolute Gasteiger partial charge is 0.360 e. The van der Waals surface area contributed by atoms with E-state index in [1.54, 1.807) is 0 Å². The summed E-state index contributed by atoms with van der Waals surface area (Å²) in [4.78, 5) is 2.34. The molecule has 0 aliphatic carbocycles. The Morgan fingerprint density at radius 3 is 2.40 bits per heavy atom. The van der Waals surface area contributed by atoms with Crippen molar-refractivity contribution in [2.24, 2.45) is 5.41 Å². The summed E-state index contributed by atoms with van der Waals surface area (Å²) in [5.41, 5.74) is 0.517. The minimum atomic E-state index is 0.441. The van der Waals surface area contributed by atoms with Crippen molar-refractivity contribution in [2.45, 2.75) is 53.0 Å². The topological polar surface area (TPSA) is 15.3 Å². The fraction of sp³-hybridized carbons (Fsp3) is 0.917. The molecular weight excluding hydrogens is 204 g/mol. The third kappa shape index (κ3) is 3.07. The zero-order chi connectivity index (χ0) is 11.5. The minimum absolute atomic E-state index is 0.441. The third-order valence-corrected chi connectivity index (χ3v) is 4.01. The van der Waals surface area contributed by atoms with Crippen LogP contribution in [0, 0.1) is 5.41 Å². The molecule has 15 heavy (non-hydrogen) atoms. The highest BCUT2D eigenvalue weighted by Crippen LogP contribution is 2.36. The van der Waals surface area contributed by atoms with Gasteiger partial charge >= 0.3 is 0 Å². The Morgan fingerprint density at radius 2 is 2.00 bits per heavy atom. The van der Waals surface area contributed by atoms with E-state index < -0.39 is 0 Å². The number of hydrogen-bond donors (Lipinski definition) is 1. The van der Waals surface area contributed by atoms with Gasteiger partial charge in [0.05, 0.1) is 0 Å². The van der Waals surface area contributed by atoms with Crippen LogP contribution < -0.4 is 5.32 Å². The van der Waals surface area contributed by atoms with E-state index >= 15 is 0 Å². The molecule has 88 valence electrons. The summed E-state index contributed by atoms with van der Waals surface area (Å²) in [6, 6.07) is 0.441. The van der Waals surface area contributed by atoms with E-state index in [2.05, 4.69) is 37.9 Å². The van der Waals surface area contributed by atoms with Crippen LogP contribution in [-0.2, 0) is 0 Å². The summed E-state index contributed by atoms with van der Waals surface area (Å²) in [6.07, 6.45) is 3.83. The predicted octanol–water partition coefficient (Wildman–Crippen LogP) is 2.78. The monoisotopic (exact) mass is 228 g/mol. The number of likely N-dealkylation sites (tertiary alicyclic amines) is 1. The van der Waals surface area contributed by atoms with Gasteiger partial charge in [-0.3, -0.25) is 0 Å². The molecule has 1 heterocycles. The van der Waals surface area contributed by atoms with Gasteiger partial charge in [0.15, 0.2) is 5.11 Å². The molecule has 3 heteroatoms. The summed E-state index contributed by atoms with van der Waals surface area (Å²) in [5.74, 6) is 0. The highest BCUT2D eigenvalue weighted by molar-refractivity contribution is 7.80. The maximum absolute atomic E-state index is 5.40. The average Bonchev–Trinajstić information content (AvgIpc) is 2.62. The van der Waals surface area contributed by atoms with E-state index in [0.29, 0.717) is 11.5 Å². The zero-order valence-corrected chi connectivity index (χ0v) is 11.3. The molecule has 0 aromatic heterocycles. The predicted molar refractivity (Wildman–Crippen MR) is 70.1 cm³/mol. The number of nitrogens with zero attached hydrogens (tertiary/aromatic N) is 1. The molecule has 0 aromatic rings. The Labute approximate surface area is 99.4 Å². The molecule has 0 saturated carbocycles. The minimum Gasteiger partial charge on any atom is -0.360 e. The Morgan fingerprint density at radius 1 is 1.40 bits per heavy atom. The summed E-state index contributed by atoms with van der Waals surface area (Å²) in [7, 11) is 0. The number of nitrogens with one attached hydrogen (secondary N) is 1. The van der Waals surface area contributed by atoms with Crippen molar-refractivity contribution in [3.8, 4) is 0 Å². The molecule has 0 atom stereocenters. The van der Waals surface area contributed by atoms with Gasteiger partial charge in [-0.1, -0.05) is 13.8 Å². The highest BCUT2D eigenvalue weighted by atomic mass is 32.1. The summed E-state index contributed by atoms with van der Waals surface area (Å²) >= 11 is 5.40. The van der Waals surface area contributed by atoms with Gasteiger partial charge in [-0.15, -0.1) is 0 Å². The van der Waals surface area contributed by atoms with Crippen molar-refractivity contribution in [1.82, 2.24) is 10.2 Å². The summed E-state index contributed by atoms with van der Waals surface area (Å²) in [6.45, 7) is 11.1. The van der Waals surface area contributed by atoms with Gasteiger partial charge < -0.3 is 10.2 Å². The molecular formula is C12H24N2S. The lowest BCUT2D eigenvalue weighted by Gasteiger charge is -2.28. The summed E-state index contributed by atoms with van der Waals surface area (Å²) < 4.78 is 0. The standard InChI is InChI=1S/C12H24N2S/c1-5-12(6-2)7-8-14(9-12)11(15)13-10(3)4/h10H,5-9H2,1-4H3,(H,13,15). The molecule has 1 fully saturated rings. The maximum Gasteiger partial charge on any atom is 0.169 e. The quantitative estimate of drug-likeness (QED) is 0.748. The Kier molecular flexibility index (Phi) is 4.38. The van der Waals surface area contributed by atoms with E-state index in [4.69, 9.17) is 12.2 Å². The average molecular weight is 228 g/mol. The van der Waals surface area contributed by atoms with Crippen LogP contribution >= 0.6 is 12.2 Å². The first-order chi connectivity index (χ1) is 7.03. The number of hydrogen-bond acceptors (Lipinski definition) is 1. The van der Waals surface area contributed by atoms with Gasteiger partial charge in [0.2, 0.25) is 0 Å². The normalized spacial score (nSPS) is 19.7. The molecule has 1 saturated heterocycles. The van der Waals surface area contributed by atoms with Crippen molar-refractivity contribution in [3.05, 3.63) is 0 Å². The lowest BCUT2D eigenvalue weighted by atomic mass is 9.82. The van der Waals surface area contributed by atoms with Crippen LogP contribution in [0.5, 0.6) is 0 Å². The van der Waals surface area contributed by atoms with Crippen molar-refractivity contribution in [3.63, 3.8) is 0 Å². The number of thiocarbonyl (C=S) groups is 1. The van der Waals surface area contributed by atoms with Gasteiger partial charge in [-0.25, -0.2) is 0 Å². The van der Waals surface area contributed by atoms with Crippen LogP contribution in [0.25, 0.3) is 0 Å². The van der Waals surface area contributed by atoms with Crippen molar-refractivity contribution in [2.75, 3.05) is 13.1 Å². The smallest absolute Gasteiger partial charge is 0.169 e. The first-order valence-corrected chi connectivity index (χ1v) is 6.49. The van der Waals surface area contributed by atoms with Crippen LogP contribution in [0.3, 0.4) is 0 Å². The first kappa shape index (κ1) is 12.8. The molecule has 1 rings (SSSR count). The molecule has 1 aliphatic rings. The lowest BCUT2D eigenvalue weighted by molar-refractivity contribution is 0.277. The molecule has 0 spiro atoms. The summed E-state index contributed by atoms with van der Waals surface area (Å²) in [5, 5.41) is 4.27. The molecule has 0 bridgehead atoms. The van der Waals surface area contributed by atoms with E-state index in [-0.39, 0.29) is 0 Å². The van der Waals surface area contributed by atoms with Gasteiger partial charge in [-0.2, -0.15) is 0 Å². The van der Waals surface area contributed by atoms with Crippen LogP contribution in [-0.4, -0.2) is 29.1 Å². The second-order valence-electron chi connectivity index (χ2n) is 4.98. The van der Waals surface area contributed by atoms with Crippen LogP contribution in [0.4, 0.5) is 0 Å². The van der Waals surface area contributed by atoms with Gasteiger partial charge in [0.1, 0.15) is 0 Å². The molecule has 0 aromatic carbocycles. The Bertz CT molecular complexity index is 222. The van der Waals surface area contributed by atoms with Gasteiger partial charge in [0, 0.05) is 19.1 Å². The zero-order valence-electron chi connectivity index (χ0n) is 10.5. The van der Waals surface area contributed by atoms with Gasteiger partial charge in [-0.05, 0) is 50.7 Å². The fourth-order valence-corrected chi connectivity index (χ4v) is 2.67. The number of rotatable bonds is 3. The SMILES string of the molecule is CCC1(CC)CCN(C(=S)NC(C)C)C1. The van der Waals surface area contributed by atoms with Crippen molar-refractivity contribution < 1.29 is 0 Å². The maximum atomic E-state index is 5.40. The fourth-order valence-electron chi connectivity index (χ4n) is 2.27. The van der Waals surface area contributed by atoms with E-state index in [9.17, 15) is 0 Å². The molecule has 0 amide bonds. The van der Waals surface area contributed by atoms with Gasteiger partial charge in [0.25, 0.3) is 0 Å².